The fourth-order valence-corrected chi connectivity index (χ4v) is 5.36. The number of aromatic nitrogens is 2. The molecule has 1 saturated carbocycles. The number of nitrogens with zero attached hydrogens (tertiary/aromatic N) is 2. The number of ether oxygens (including phenoxy) is 1. The molecule has 4 rings (SSSR count). The Kier molecular flexibility index (Phi) is 6.87. The summed E-state index contributed by atoms with van der Waals surface area (Å²) in [5.41, 5.74) is 1.57. The molecular weight excluding hydrogens is 458 g/mol. The van der Waals surface area contributed by atoms with E-state index in [1.54, 1.807) is 44.2 Å². The highest BCUT2D eigenvalue weighted by Gasteiger charge is 2.31. The predicted octanol–water partition coefficient (Wildman–Crippen LogP) is 4.42. The van der Waals surface area contributed by atoms with Gasteiger partial charge in [0.15, 0.2) is 0 Å². The van der Waals surface area contributed by atoms with Gasteiger partial charge in [-0.1, -0.05) is 36.2 Å². The number of carboxylic acids is 1. The molecule has 2 N–H and O–H groups in total. The van der Waals surface area contributed by atoms with Crippen LogP contribution in [0.15, 0.2) is 51.9 Å². The van der Waals surface area contributed by atoms with Gasteiger partial charge < -0.3 is 14.4 Å². The van der Waals surface area contributed by atoms with Crippen molar-refractivity contribution >= 4 is 21.7 Å². The minimum Gasteiger partial charge on any atom is -0.491 e. The van der Waals surface area contributed by atoms with Gasteiger partial charge >= 0.3 is 5.97 Å². The van der Waals surface area contributed by atoms with Gasteiger partial charge in [0.2, 0.25) is 5.76 Å². The van der Waals surface area contributed by atoms with Gasteiger partial charge in [-0.15, -0.1) is 0 Å². The van der Waals surface area contributed by atoms with Crippen LogP contribution in [-0.4, -0.2) is 36.2 Å². The molecule has 10 heteroatoms. The zero-order valence-corrected chi connectivity index (χ0v) is 19.8. The van der Waals surface area contributed by atoms with Crippen LogP contribution in [0.3, 0.4) is 0 Å². The number of rotatable bonds is 8. The van der Waals surface area contributed by atoms with E-state index < -0.39 is 21.9 Å². The summed E-state index contributed by atoms with van der Waals surface area (Å²) in [5.74, 6) is -0.462. The van der Waals surface area contributed by atoms with Gasteiger partial charge in [-0.2, -0.15) is 0 Å². The van der Waals surface area contributed by atoms with Crippen molar-refractivity contribution in [2.24, 2.45) is 11.8 Å². The highest BCUT2D eigenvalue weighted by Crippen LogP contribution is 2.34. The number of pyridine rings is 1. The lowest BCUT2D eigenvalue weighted by Crippen LogP contribution is -2.31. The molecule has 9 nitrogen and oxygen atoms in total. The molecule has 180 valence electrons. The summed E-state index contributed by atoms with van der Waals surface area (Å²) >= 11 is 0. The van der Waals surface area contributed by atoms with Crippen molar-refractivity contribution in [1.29, 1.82) is 0 Å². The van der Waals surface area contributed by atoms with Crippen molar-refractivity contribution in [3.63, 3.8) is 0 Å². The maximum Gasteiger partial charge on any atom is 0.306 e. The second-order valence-corrected chi connectivity index (χ2v) is 10.2. The predicted molar refractivity (Wildman–Crippen MR) is 125 cm³/mol. The standard InChI is InChI=1S/C24H27N3O6S/c1-15-21(32-14-17-8-6-7-11-19(17)24(28)29)13-12-20(25-15)23-22(16(2)26-33-23)27-34(30,31)18-9-4-3-5-10-18/h3-5,9-10,12-13,17,19,27H,6-8,11,14H2,1-2H3,(H,28,29)/t17-,19+/m1/s1. The Labute approximate surface area is 198 Å². The summed E-state index contributed by atoms with van der Waals surface area (Å²) in [6.07, 6.45) is 3.42. The van der Waals surface area contributed by atoms with Gasteiger partial charge in [-0.3, -0.25) is 9.52 Å². The Bertz CT molecular complexity index is 1270. The smallest absolute Gasteiger partial charge is 0.306 e. The molecule has 2 aromatic heterocycles. The topological polar surface area (TPSA) is 132 Å². The molecule has 1 aromatic carbocycles. The summed E-state index contributed by atoms with van der Waals surface area (Å²) in [6, 6.07) is 11.4. The van der Waals surface area contributed by atoms with E-state index >= 15 is 0 Å². The average molecular weight is 486 g/mol. The van der Waals surface area contributed by atoms with Crippen LogP contribution in [0.1, 0.15) is 37.1 Å². The Morgan fingerprint density at radius 1 is 1.12 bits per heavy atom. The first-order valence-electron chi connectivity index (χ1n) is 11.1. The van der Waals surface area contributed by atoms with Crippen LogP contribution < -0.4 is 9.46 Å². The van der Waals surface area contributed by atoms with E-state index in [1.807, 2.05) is 0 Å². The molecule has 1 aliphatic rings. The van der Waals surface area contributed by atoms with Crippen LogP contribution >= 0.6 is 0 Å². The molecule has 1 aliphatic carbocycles. The molecule has 0 radical (unpaired) electrons. The molecule has 0 bridgehead atoms. The van der Waals surface area contributed by atoms with Gasteiger partial charge in [-0.05, 0) is 51.0 Å². The normalized spacial score (nSPS) is 18.4. The maximum atomic E-state index is 12.8. The third-order valence-corrected chi connectivity index (χ3v) is 7.47. The Morgan fingerprint density at radius 2 is 1.85 bits per heavy atom. The molecule has 0 saturated heterocycles. The summed E-state index contributed by atoms with van der Waals surface area (Å²) < 4.78 is 39.5. The molecule has 3 aromatic rings. The van der Waals surface area contributed by atoms with Crippen LogP contribution in [-0.2, 0) is 14.8 Å². The van der Waals surface area contributed by atoms with Crippen LogP contribution in [0.2, 0.25) is 0 Å². The van der Waals surface area contributed by atoms with Gasteiger partial charge in [0.1, 0.15) is 22.8 Å². The molecule has 34 heavy (non-hydrogen) atoms. The van der Waals surface area contributed by atoms with E-state index in [4.69, 9.17) is 9.26 Å². The second kappa shape index (κ2) is 9.84. The number of nitrogens with one attached hydrogen (secondary N) is 1. The molecule has 0 amide bonds. The summed E-state index contributed by atoms with van der Waals surface area (Å²) in [6.45, 7) is 3.72. The fourth-order valence-electron chi connectivity index (χ4n) is 4.21. The van der Waals surface area contributed by atoms with E-state index in [1.165, 1.54) is 12.1 Å². The lowest BCUT2D eigenvalue weighted by Gasteiger charge is -2.28. The number of aliphatic carboxylic acids is 1. The van der Waals surface area contributed by atoms with Crippen LogP contribution in [0.25, 0.3) is 11.5 Å². The van der Waals surface area contributed by atoms with Crippen molar-refractivity contribution < 1.29 is 27.6 Å². The lowest BCUT2D eigenvalue weighted by atomic mass is 9.80. The first-order chi connectivity index (χ1) is 16.3. The molecule has 2 atom stereocenters. The number of sulfonamides is 1. The number of aryl methyl sites for hydroxylation is 2. The van der Waals surface area contributed by atoms with Crippen LogP contribution in [0, 0.1) is 25.7 Å². The van der Waals surface area contributed by atoms with E-state index in [0.717, 1.165) is 19.3 Å². The molecular formula is C24H27N3O6S. The molecule has 0 aliphatic heterocycles. The van der Waals surface area contributed by atoms with Crippen LogP contribution in [0.5, 0.6) is 5.75 Å². The zero-order valence-electron chi connectivity index (χ0n) is 19.0. The van der Waals surface area contributed by atoms with E-state index in [0.29, 0.717) is 35.9 Å². The van der Waals surface area contributed by atoms with Gasteiger partial charge in [0.05, 0.1) is 23.1 Å². The van der Waals surface area contributed by atoms with Gasteiger partial charge in [-0.25, -0.2) is 13.4 Å². The summed E-state index contributed by atoms with van der Waals surface area (Å²) in [5, 5.41) is 13.4. The van der Waals surface area contributed by atoms with Crippen molar-refractivity contribution in [2.75, 3.05) is 11.3 Å². The molecule has 2 heterocycles. The Morgan fingerprint density at radius 3 is 2.56 bits per heavy atom. The largest absolute Gasteiger partial charge is 0.491 e. The number of hydrogen-bond donors (Lipinski definition) is 2. The highest BCUT2D eigenvalue weighted by molar-refractivity contribution is 7.92. The molecule has 0 unspecified atom stereocenters. The van der Waals surface area contributed by atoms with E-state index in [2.05, 4.69) is 14.9 Å². The van der Waals surface area contributed by atoms with Crippen molar-refractivity contribution in [3.05, 3.63) is 53.9 Å². The first-order valence-corrected chi connectivity index (χ1v) is 12.6. The first kappa shape index (κ1) is 23.7. The molecule has 0 spiro atoms. The maximum absolute atomic E-state index is 12.8. The monoisotopic (exact) mass is 485 g/mol. The Hall–Kier alpha value is -3.40. The summed E-state index contributed by atoms with van der Waals surface area (Å²) in [7, 11) is -3.84. The minimum absolute atomic E-state index is 0.0405. The quantitative estimate of drug-likeness (QED) is 0.479. The molecule has 1 fully saturated rings. The average Bonchev–Trinajstić information content (AvgIpc) is 3.18. The van der Waals surface area contributed by atoms with Gasteiger partial charge in [0.25, 0.3) is 10.0 Å². The summed E-state index contributed by atoms with van der Waals surface area (Å²) in [4.78, 5) is 16.2. The number of carbonyl (C=O) groups is 1. The fraction of sp³-hybridized carbons (Fsp3) is 0.375. The van der Waals surface area contributed by atoms with Gasteiger partial charge in [0, 0.05) is 5.92 Å². The Balaban J connectivity index is 1.53. The number of carboxylic acid groups (broad SMARTS) is 1. The SMILES string of the molecule is Cc1nc(-c2onc(C)c2NS(=O)(=O)c2ccccc2)ccc1OC[C@H]1CCCC[C@@H]1C(=O)O. The number of benzene rings is 1. The minimum atomic E-state index is -3.84. The third-order valence-electron chi connectivity index (χ3n) is 6.10. The van der Waals surface area contributed by atoms with E-state index in [-0.39, 0.29) is 22.3 Å². The zero-order chi connectivity index (χ0) is 24.3. The number of hydrogen-bond acceptors (Lipinski definition) is 7. The highest BCUT2D eigenvalue weighted by atomic mass is 32.2. The number of anilines is 1. The van der Waals surface area contributed by atoms with Crippen molar-refractivity contribution in [2.45, 2.75) is 44.4 Å². The van der Waals surface area contributed by atoms with Crippen molar-refractivity contribution in [1.82, 2.24) is 10.1 Å². The lowest BCUT2D eigenvalue weighted by molar-refractivity contribution is -0.145. The van der Waals surface area contributed by atoms with E-state index in [9.17, 15) is 18.3 Å². The van der Waals surface area contributed by atoms with Crippen molar-refractivity contribution in [3.8, 4) is 17.2 Å². The van der Waals surface area contributed by atoms with Crippen LogP contribution in [0.4, 0.5) is 5.69 Å². The second-order valence-electron chi connectivity index (χ2n) is 8.47. The third kappa shape index (κ3) is 5.06.